The summed E-state index contributed by atoms with van der Waals surface area (Å²) in [5.41, 5.74) is 3.11. The second-order valence-corrected chi connectivity index (χ2v) is 5.74. The third-order valence-corrected chi connectivity index (χ3v) is 3.94. The number of hydrogen-bond acceptors (Lipinski definition) is 3. The van der Waals surface area contributed by atoms with Gasteiger partial charge in [-0.3, -0.25) is 4.68 Å². The van der Waals surface area contributed by atoms with Gasteiger partial charge in [-0.15, -0.1) is 0 Å². The van der Waals surface area contributed by atoms with E-state index in [1.54, 1.807) is 22.9 Å². The van der Waals surface area contributed by atoms with E-state index in [4.69, 9.17) is 5.14 Å². The van der Waals surface area contributed by atoms with Gasteiger partial charge in [0.2, 0.25) is 10.0 Å². The van der Waals surface area contributed by atoms with E-state index < -0.39 is 10.0 Å². The topological polar surface area (TPSA) is 78.0 Å². The Balaban J connectivity index is 2.80. The minimum atomic E-state index is -3.74. The Morgan fingerprint density at radius 2 is 1.83 bits per heavy atom. The molecule has 1 aromatic carbocycles. The van der Waals surface area contributed by atoms with Crippen LogP contribution in [0, 0.1) is 13.8 Å². The fourth-order valence-corrected chi connectivity index (χ4v) is 2.83. The fraction of sp³-hybridized carbons (Fsp3) is 0.250. The van der Waals surface area contributed by atoms with Crippen LogP contribution in [0.1, 0.15) is 11.4 Å². The van der Waals surface area contributed by atoms with Crippen molar-refractivity contribution in [2.45, 2.75) is 18.7 Å². The van der Waals surface area contributed by atoms with Crippen LogP contribution in [0.3, 0.4) is 0 Å². The summed E-state index contributed by atoms with van der Waals surface area (Å²) in [7, 11) is -1.92. The van der Waals surface area contributed by atoms with Crippen LogP contribution in [-0.4, -0.2) is 18.2 Å². The van der Waals surface area contributed by atoms with Crippen molar-refractivity contribution in [1.29, 1.82) is 0 Å². The molecule has 5 nitrogen and oxygen atoms in total. The molecule has 0 fully saturated rings. The molecule has 2 N–H and O–H groups in total. The lowest BCUT2D eigenvalue weighted by Crippen LogP contribution is -2.13. The van der Waals surface area contributed by atoms with Crippen LogP contribution in [0.25, 0.3) is 11.1 Å². The maximum atomic E-state index is 11.6. The number of nitrogens with zero attached hydrogens (tertiary/aromatic N) is 2. The standard InChI is InChI=1S/C12H15N3O2S/c1-8-12(9(2)15(3)14-8)10-6-4-5-7-11(10)18(13,16)17/h4-7H,1-3H3,(H2,13,16,17). The van der Waals surface area contributed by atoms with E-state index in [9.17, 15) is 8.42 Å². The number of nitrogens with two attached hydrogens (primary N) is 1. The highest BCUT2D eigenvalue weighted by Gasteiger charge is 2.19. The molecule has 0 aliphatic carbocycles. The molecule has 18 heavy (non-hydrogen) atoms. The third-order valence-electron chi connectivity index (χ3n) is 2.97. The zero-order valence-corrected chi connectivity index (χ0v) is 11.3. The molecular weight excluding hydrogens is 250 g/mol. The summed E-state index contributed by atoms with van der Waals surface area (Å²) >= 11 is 0. The van der Waals surface area contributed by atoms with Crippen molar-refractivity contribution in [2.75, 3.05) is 0 Å². The van der Waals surface area contributed by atoms with Crippen LogP contribution in [0.15, 0.2) is 29.2 Å². The van der Waals surface area contributed by atoms with Gasteiger partial charge in [0.15, 0.2) is 0 Å². The summed E-state index contributed by atoms with van der Waals surface area (Å²) in [6.07, 6.45) is 0. The average molecular weight is 265 g/mol. The lowest BCUT2D eigenvalue weighted by molar-refractivity contribution is 0.598. The molecule has 0 spiro atoms. The smallest absolute Gasteiger partial charge is 0.238 e. The molecule has 0 unspecified atom stereocenters. The van der Waals surface area contributed by atoms with Gasteiger partial charge in [-0.25, -0.2) is 13.6 Å². The summed E-state index contributed by atoms with van der Waals surface area (Å²) in [5, 5.41) is 9.54. The summed E-state index contributed by atoms with van der Waals surface area (Å²) < 4.78 is 24.9. The van der Waals surface area contributed by atoms with Crippen molar-refractivity contribution in [3.8, 4) is 11.1 Å². The van der Waals surface area contributed by atoms with E-state index in [2.05, 4.69) is 5.10 Å². The Morgan fingerprint density at radius 1 is 1.22 bits per heavy atom. The van der Waals surface area contributed by atoms with E-state index >= 15 is 0 Å². The summed E-state index contributed by atoms with van der Waals surface area (Å²) in [6, 6.07) is 6.70. The second kappa shape index (κ2) is 4.22. The highest BCUT2D eigenvalue weighted by molar-refractivity contribution is 7.89. The molecular formula is C12H15N3O2S. The van der Waals surface area contributed by atoms with Crippen LogP contribution in [0.2, 0.25) is 0 Å². The molecule has 1 aromatic heterocycles. The third kappa shape index (κ3) is 2.04. The van der Waals surface area contributed by atoms with E-state index in [-0.39, 0.29) is 4.90 Å². The van der Waals surface area contributed by atoms with Gasteiger partial charge in [0.1, 0.15) is 0 Å². The molecule has 0 atom stereocenters. The maximum absolute atomic E-state index is 11.6. The Kier molecular flexibility index (Phi) is 3.00. The van der Waals surface area contributed by atoms with Gasteiger partial charge in [0.25, 0.3) is 0 Å². The number of rotatable bonds is 2. The normalized spacial score (nSPS) is 11.8. The van der Waals surface area contributed by atoms with Gasteiger partial charge in [-0.1, -0.05) is 18.2 Å². The van der Waals surface area contributed by atoms with Gasteiger partial charge < -0.3 is 0 Å². The van der Waals surface area contributed by atoms with Gasteiger partial charge in [-0.2, -0.15) is 5.10 Å². The molecule has 0 saturated heterocycles. The number of primary sulfonamides is 1. The van der Waals surface area contributed by atoms with E-state index in [1.165, 1.54) is 6.07 Å². The first kappa shape index (κ1) is 12.8. The number of benzene rings is 1. The van der Waals surface area contributed by atoms with Crippen molar-refractivity contribution in [3.05, 3.63) is 35.7 Å². The lowest BCUT2D eigenvalue weighted by Gasteiger charge is -2.08. The van der Waals surface area contributed by atoms with Crippen molar-refractivity contribution in [2.24, 2.45) is 12.2 Å². The van der Waals surface area contributed by atoms with E-state index in [1.807, 2.05) is 20.9 Å². The van der Waals surface area contributed by atoms with Gasteiger partial charge in [0, 0.05) is 23.9 Å². The minimum absolute atomic E-state index is 0.129. The quantitative estimate of drug-likeness (QED) is 0.890. The highest BCUT2D eigenvalue weighted by atomic mass is 32.2. The van der Waals surface area contributed by atoms with E-state index in [0.717, 1.165) is 17.0 Å². The molecule has 0 radical (unpaired) electrons. The molecule has 6 heteroatoms. The van der Waals surface area contributed by atoms with Crippen molar-refractivity contribution >= 4 is 10.0 Å². The zero-order valence-electron chi connectivity index (χ0n) is 10.5. The van der Waals surface area contributed by atoms with Gasteiger partial charge in [0.05, 0.1) is 10.6 Å². The largest absolute Gasteiger partial charge is 0.272 e. The van der Waals surface area contributed by atoms with Crippen molar-refractivity contribution in [3.63, 3.8) is 0 Å². The monoisotopic (exact) mass is 265 g/mol. The molecule has 0 aliphatic heterocycles. The van der Waals surface area contributed by atoms with Crippen molar-refractivity contribution < 1.29 is 8.42 Å². The number of aryl methyl sites for hydroxylation is 2. The second-order valence-electron chi connectivity index (χ2n) is 4.21. The molecule has 96 valence electrons. The lowest BCUT2D eigenvalue weighted by atomic mass is 10.0. The Hall–Kier alpha value is -1.66. The molecule has 2 aromatic rings. The number of aromatic nitrogens is 2. The first-order valence-electron chi connectivity index (χ1n) is 5.44. The SMILES string of the molecule is Cc1nn(C)c(C)c1-c1ccccc1S(N)(=O)=O. The van der Waals surface area contributed by atoms with Gasteiger partial charge in [-0.05, 0) is 19.9 Å². The van der Waals surface area contributed by atoms with Crippen LogP contribution in [0.4, 0.5) is 0 Å². The fourth-order valence-electron chi connectivity index (χ4n) is 2.08. The molecule has 1 heterocycles. The Bertz CT molecular complexity index is 702. The number of sulfonamides is 1. The number of hydrogen-bond donors (Lipinski definition) is 1. The van der Waals surface area contributed by atoms with Crippen LogP contribution in [0.5, 0.6) is 0 Å². The van der Waals surface area contributed by atoms with Crippen LogP contribution < -0.4 is 5.14 Å². The first-order valence-corrected chi connectivity index (χ1v) is 6.99. The minimum Gasteiger partial charge on any atom is -0.272 e. The first-order chi connectivity index (χ1) is 8.32. The molecule has 0 amide bonds. The predicted molar refractivity (Wildman–Crippen MR) is 69.5 cm³/mol. The molecule has 2 rings (SSSR count). The molecule has 0 bridgehead atoms. The predicted octanol–water partition coefficient (Wildman–Crippen LogP) is 1.35. The Labute approximate surface area is 106 Å². The summed E-state index contributed by atoms with van der Waals surface area (Å²) in [5.74, 6) is 0. The van der Waals surface area contributed by atoms with E-state index in [0.29, 0.717) is 5.56 Å². The Morgan fingerprint density at radius 3 is 2.33 bits per heavy atom. The molecule has 0 aliphatic rings. The summed E-state index contributed by atoms with van der Waals surface area (Å²) in [4.78, 5) is 0.129. The average Bonchev–Trinajstić information content (AvgIpc) is 2.52. The maximum Gasteiger partial charge on any atom is 0.238 e. The van der Waals surface area contributed by atoms with Crippen LogP contribution >= 0.6 is 0 Å². The zero-order chi connectivity index (χ0) is 13.5. The van der Waals surface area contributed by atoms with Gasteiger partial charge >= 0.3 is 0 Å². The molecule has 0 saturated carbocycles. The van der Waals surface area contributed by atoms with Crippen molar-refractivity contribution in [1.82, 2.24) is 9.78 Å². The summed E-state index contributed by atoms with van der Waals surface area (Å²) in [6.45, 7) is 3.75. The van der Waals surface area contributed by atoms with Crippen LogP contribution in [-0.2, 0) is 17.1 Å². The highest BCUT2D eigenvalue weighted by Crippen LogP contribution is 2.31.